The van der Waals surface area contributed by atoms with Crippen molar-refractivity contribution < 1.29 is 0 Å². The van der Waals surface area contributed by atoms with E-state index in [1.807, 2.05) is 11.6 Å². The van der Waals surface area contributed by atoms with Crippen molar-refractivity contribution in [3.63, 3.8) is 0 Å². The molecule has 1 aromatic heterocycles. The number of aromatic nitrogens is 1. The highest BCUT2D eigenvalue weighted by Crippen LogP contribution is 2.13. The molecule has 5 heteroatoms. The van der Waals surface area contributed by atoms with Crippen molar-refractivity contribution in [1.29, 1.82) is 0 Å². The topological polar surface area (TPSA) is 37.0 Å². The number of halogens is 1. The fourth-order valence-electron chi connectivity index (χ4n) is 1.25. The fourth-order valence-corrected chi connectivity index (χ4v) is 1.85. The third-order valence-electron chi connectivity index (χ3n) is 1.82. The Bertz CT molecular complexity index is 208. The van der Waals surface area contributed by atoms with Crippen LogP contribution in [-0.2, 0) is 0 Å². The van der Waals surface area contributed by atoms with Crippen LogP contribution in [0.1, 0.15) is 6.42 Å². The summed E-state index contributed by atoms with van der Waals surface area (Å²) in [5.41, 5.74) is 0. The lowest BCUT2D eigenvalue weighted by atomic mass is 10.3. The normalized spacial score (nSPS) is 21.8. The van der Waals surface area contributed by atoms with Gasteiger partial charge >= 0.3 is 0 Å². The maximum atomic E-state index is 4.16. The summed E-state index contributed by atoms with van der Waals surface area (Å²) in [6.07, 6.45) is 3.04. The molecule has 0 radical (unpaired) electrons. The molecule has 0 amide bonds. The van der Waals surface area contributed by atoms with Gasteiger partial charge in [-0.15, -0.1) is 23.7 Å². The summed E-state index contributed by atoms with van der Waals surface area (Å²) in [5, 5.41) is 9.70. The molecular formula is C7H12ClN3S. The van der Waals surface area contributed by atoms with Crippen molar-refractivity contribution in [2.45, 2.75) is 12.5 Å². The first-order valence-corrected chi connectivity index (χ1v) is 4.70. The minimum Gasteiger partial charge on any atom is -0.357 e. The van der Waals surface area contributed by atoms with Crippen LogP contribution in [0.25, 0.3) is 0 Å². The second kappa shape index (κ2) is 4.64. The molecule has 3 nitrogen and oxygen atoms in total. The van der Waals surface area contributed by atoms with Crippen LogP contribution in [0.15, 0.2) is 11.6 Å². The fraction of sp³-hybridized carbons (Fsp3) is 0.571. The molecule has 0 unspecified atom stereocenters. The summed E-state index contributed by atoms with van der Waals surface area (Å²) in [5.74, 6) is 0. The zero-order chi connectivity index (χ0) is 7.52. The average Bonchev–Trinajstić information content (AvgIpc) is 2.60. The van der Waals surface area contributed by atoms with Crippen LogP contribution in [0.3, 0.4) is 0 Å². The molecule has 1 aromatic rings. The van der Waals surface area contributed by atoms with Gasteiger partial charge in [0.2, 0.25) is 0 Å². The maximum Gasteiger partial charge on any atom is 0.182 e. The number of hydrogen-bond donors (Lipinski definition) is 2. The number of hydrogen-bond acceptors (Lipinski definition) is 4. The average molecular weight is 206 g/mol. The summed E-state index contributed by atoms with van der Waals surface area (Å²) in [6.45, 7) is 2.20. The van der Waals surface area contributed by atoms with Crippen molar-refractivity contribution >= 4 is 28.9 Å². The lowest BCUT2D eigenvalue weighted by Gasteiger charge is -2.08. The highest BCUT2D eigenvalue weighted by atomic mass is 35.5. The Morgan fingerprint density at radius 2 is 2.58 bits per heavy atom. The second-order valence-electron chi connectivity index (χ2n) is 2.67. The minimum absolute atomic E-state index is 0. The van der Waals surface area contributed by atoms with Crippen molar-refractivity contribution in [3.8, 4) is 0 Å². The predicted octanol–water partition coefficient (Wildman–Crippen LogP) is 1.34. The van der Waals surface area contributed by atoms with E-state index in [9.17, 15) is 0 Å². The molecule has 0 aliphatic carbocycles. The van der Waals surface area contributed by atoms with E-state index in [1.165, 1.54) is 6.42 Å². The lowest BCUT2D eigenvalue weighted by Crippen LogP contribution is -2.21. The van der Waals surface area contributed by atoms with Gasteiger partial charge in [-0.1, -0.05) is 0 Å². The lowest BCUT2D eigenvalue weighted by molar-refractivity contribution is 0.792. The molecule has 0 saturated carbocycles. The summed E-state index contributed by atoms with van der Waals surface area (Å²) in [7, 11) is 0. The summed E-state index contributed by atoms with van der Waals surface area (Å²) < 4.78 is 0. The van der Waals surface area contributed by atoms with E-state index >= 15 is 0 Å². The summed E-state index contributed by atoms with van der Waals surface area (Å²) in [6, 6.07) is 0.584. The van der Waals surface area contributed by atoms with Crippen LogP contribution in [0, 0.1) is 0 Å². The van der Waals surface area contributed by atoms with Crippen LogP contribution in [0.4, 0.5) is 5.13 Å². The first kappa shape index (κ1) is 9.77. The number of nitrogens with zero attached hydrogens (tertiary/aromatic N) is 1. The Labute approximate surface area is 82.0 Å². The van der Waals surface area contributed by atoms with Crippen LogP contribution < -0.4 is 10.6 Å². The van der Waals surface area contributed by atoms with Gasteiger partial charge in [-0.3, -0.25) is 0 Å². The quantitative estimate of drug-likeness (QED) is 0.765. The Morgan fingerprint density at radius 1 is 1.67 bits per heavy atom. The molecule has 12 heavy (non-hydrogen) atoms. The van der Waals surface area contributed by atoms with Crippen LogP contribution >= 0.6 is 23.7 Å². The van der Waals surface area contributed by atoms with Crippen molar-refractivity contribution in [1.82, 2.24) is 10.3 Å². The highest BCUT2D eigenvalue weighted by Gasteiger charge is 2.13. The summed E-state index contributed by atoms with van der Waals surface area (Å²) in [4.78, 5) is 4.16. The van der Waals surface area contributed by atoms with Gasteiger partial charge in [0.05, 0.1) is 0 Å². The third-order valence-corrected chi connectivity index (χ3v) is 2.52. The van der Waals surface area contributed by atoms with Gasteiger partial charge in [-0.2, -0.15) is 0 Å². The maximum absolute atomic E-state index is 4.16. The minimum atomic E-state index is 0. The smallest absolute Gasteiger partial charge is 0.182 e. The number of nitrogens with one attached hydrogen (secondary N) is 2. The van der Waals surface area contributed by atoms with E-state index in [0.717, 1.165) is 18.2 Å². The van der Waals surface area contributed by atoms with Gasteiger partial charge in [0.1, 0.15) is 0 Å². The van der Waals surface area contributed by atoms with Crippen LogP contribution in [0.2, 0.25) is 0 Å². The Balaban J connectivity index is 0.000000720. The highest BCUT2D eigenvalue weighted by molar-refractivity contribution is 7.13. The molecule has 1 atom stereocenters. The zero-order valence-corrected chi connectivity index (χ0v) is 8.25. The van der Waals surface area contributed by atoms with Crippen molar-refractivity contribution in [3.05, 3.63) is 11.6 Å². The van der Waals surface area contributed by atoms with E-state index in [4.69, 9.17) is 0 Å². The molecule has 0 spiro atoms. The number of rotatable bonds is 2. The molecule has 1 aliphatic heterocycles. The van der Waals surface area contributed by atoms with Crippen molar-refractivity contribution in [2.24, 2.45) is 0 Å². The Morgan fingerprint density at radius 3 is 3.17 bits per heavy atom. The Hall–Kier alpha value is -0.320. The van der Waals surface area contributed by atoms with Gasteiger partial charge in [0.25, 0.3) is 0 Å². The molecular weight excluding hydrogens is 194 g/mol. The molecule has 1 fully saturated rings. The molecule has 68 valence electrons. The van der Waals surface area contributed by atoms with Crippen molar-refractivity contribution in [2.75, 3.05) is 18.4 Å². The largest absolute Gasteiger partial charge is 0.357 e. The predicted molar refractivity (Wildman–Crippen MR) is 54.3 cm³/mol. The second-order valence-corrected chi connectivity index (χ2v) is 3.57. The zero-order valence-electron chi connectivity index (χ0n) is 6.62. The van der Waals surface area contributed by atoms with E-state index in [2.05, 4.69) is 15.6 Å². The van der Waals surface area contributed by atoms with E-state index < -0.39 is 0 Å². The SMILES string of the molecule is Cl.c1csc(N[C@@H]2CCNC2)n1. The van der Waals surface area contributed by atoms with Gasteiger partial charge in [0.15, 0.2) is 5.13 Å². The van der Waals surface area contributed by atoms with E-state index in [0.29, 0.717) is 6.04 Å². The molecule has 1 aliphatic rings. The van der Waals surface area contributed by atoms with Gasteiger partial charge in [-0.25, -0.2) is 4.98 Å². The number of anilines is 1. The van der Waals surface area contributed by atoms with Gasteiger partial charge in [0, 0.05) is 24.2 Å². The van der Waals surface area contributed by atoms with Gasteiger partial charge in [-0.05, 0) is 13.0 Å². The third kappa shape index (κ3) is 2.33. The molecule has 0 bridgehead atoms. The molecule has 2 N–H and O–H groups in total. The van der Waals surface area contributed by atoms with Crippen LogP contribution in [0.5, 0.6) is 0 Å². The standard InChI is InChI=1S/C7H11N3S.ClH/c1-2-8-5-6(1)10-7-9-3-4-11-7;/h3-4,6,8H,1-2,5H2,(H,9,10);1H/t6-;/m1./s1. The molecule has 2 heterocycles. The monoisotopic (exact) mass is 205 g/mol. The van der Waals surface area contributed by atoms with E-state index in [1.54, 1.807) is 11.3 Å². The van der Waals surface area contributed by atoms with Crippen LogP contribution in [-0.4, -0.2) is 24.1 Å². The molecule has 1 saturated heterocycles. The molecule has 2 rings (SSSR count). The Kier molecular flexibility index (Phi) is 3.78. The van der Waals surface area contributed by atoms with E-state index in [-0.39, 0.29) is 12.4 Å². The first-order chi connectivity index (χ1) is 5.45. The summed E-state index contributed by atoms with van der Waals surface area (Å²) >= 11 is 1.66. The van der Waals surface area contributed by atoms with Gasteiger partial charge < -0.3 is 10.6 Å². The first-order valence-electron chi connectivity index (χ1n) is 3.82. The number of thiazole rings is 1. The molecule has 0 aromatic carbocycles.